The molecule has 0 aliphatic rings. The van der Waals surface area contributed by atoms with Crippen molar-refractivity contribution in [2.75, 3.05) is 17.7 Å². The second-order valence-corrected chi connectivity index (χ2v) is 4.82. The summed E-state index contributed by atoms with van der Waals surface area (Å²) in [5.74, 6) is 1.25. The predicted molar refractivity (Wildman–Crippen MR) is 85.0 cm³/mol. The Bertz CT molecular complexity index is 732. The molecule has 108 valence electrons. The van der Waals surface area contributed by atoms with Crippen LogP contribution in [-0.2, 0) is 6.42 Å². The van der Waals surface area contributed by atoms with Crippen molar-refractivity contribution in [3.63, 3.8) is 0 Å². The van der Waals surface area contributed by atoms with Crippen molar-refractivity contribution in [3.8, 4) is 0 Å². The van der Waals surface area contributed by atoms with Crippen molar-refractivity contribution in [2.24, 2.45) is 0 Å². The average Bonchev–Trinajstić information content (AvgIpc) is 2.98. The Balaban J connectivity index is 1.91. The van der Waals surface area contributed by atoms with Gasteiger partial charge in [0.05, 0.1) is 6.33 Å². The van der Waals surface area contributed by atoms with Crippen molar-refractivity contribution < 1.29 is 0 Å². The first kappa shape index (κ1) is 13.4. The van der Waals surface area contributed by atoms with E-state index in [4.69, 9.17) is 0 Å². The van der Waals surface area contributed by atoms with Gasteiger partial charge in [-0.05, 0) is 24.1 Å². The first-order valence-electron chi connectivity index (χ1n) is 7.05. The molecule has 3 rings (SSSR count). The Kier molecular flexibility index (Phi) is 3.68. The van der Waals surface area contributed by atoms with Gasteiger partial charge < -0.3 is 15.6 Å². The molecule has 0 aliphatic carbocycles. The van der Waals surface area contributed by atoms with Crippen LogP contribution >= 0.6 is 0 Å². The number of benzene rings is 1. The van der Waals surface area contributed by atoms with Crippen LogP contribution in [0, 0.1) is 0 Å². The number of aryl methyl sites for hydroxylation is 1. The van der Waals surface area contributed by atoms with Gasteiger partial charge >= 0.3 is 0 Å². The number of hydrogen-bond donors (Lipinski definition) is 3. The zero-order valence-electron chi connectivity index (χ0n) is 12.1. The number of nitrogens with zero attached hydrogens (tertiary/aromatic N) is 3. The van der Waals surface area contributed by atoms with Crippen LogP contribution in [-0.4, -0.2) is 27.0 Å². The Hall–Kier alpha value is -2.63. The quantitative estimate of drug-likeness (QED) is 0.670. The maximum absolute atomic E-state index is 4.44. The van der Waals surface area contributed by atoms with E-state index < -0.39 is 0 Å². The third-order valence-electron chi connectivity index (χ3n) is 3.26. The van der Waals surface area contributed by atoms with Crippen LogP contribution < -0.4 is 10.6 Å². The van der Waals surface area contributed by atoms with Crippen LogP contribution in [0.1, 0.15) is 18.9 Å². The molecular weight excluding hydrogens is 264 g/mol. The molecule has 0 radical (unpaired) electrons. The van der Waals surface area contributed by atoms with Crippen LogP contribution in [0.3, 0.4) is 0 Å². The molecule has 0 amide bonds. The Morgan fingerprint density at radius 3 is 2.67 bits per heavy atom. The van der Waals surface area contributed by atoms with Gasteiger partial charge in [0.15, 0.2) is 11.5 Å². The first-order chi connectivity index (χ1) is 10.3. The summed E-state index contributed by atoms with van der Waals surface area (Å²) in [6.45, 7) is 2.18. The lowest BCUT2D eigenvalue weighted by molar-refractivity contribution is 0.922. The van der Waals surface area contributed by atoms with E-state index in [0.717, 1.165) is 24.0 Å². The summed E-state index contributed by atoms with van der Waals surface area (Å²) in [6, 6.07) is 8.40. The van der Waals surface area contributed by atoms with E-state index in [0.29, 0.717) is 17.4 Å². The zero-order chi connectivity index (χ0) is 14.7. The summed E-state index contributed by atoms with van der Waals surface area (Å²) >= 11 is 0. The van der Waals surface area contributed by atoms with E-state index in [2.05, 4.69) is 61.8 Å². The summed E-state index contributed by atoms with van der Waals surface area (Å²) < 4.78 is 0. The number of aromatic nitrogens is 4. The minimum Gasteiger partial charge on any atom is -0.357 e. The second-order valence-electron chi connectivity index (χ2n) is 4.82. The minimum atomic E-state index is 0.541. The van der Waals surface area contributed by atoms with Crippen molar-refractivity contribution in [1.29, 1.82) is 0 Å². The number of fused-ring (bicyclic) bond motifs is 1. The maximum Gasteiger partial charge on any atom is 0.226 e. The van der Waals surface area contributed by atoms with Gasteiger partial charge in [-0.1, -0.05) is 25.5 Å². The molecule has 0 fully saturated rings. The topological polar surface area (TPSA) is 78.5 Å². The third-order valence-corrected chi connectivity index (χ3v) is 3.26. The smallest absolute Gasteiger partial charge is 0.226 e. The summed E-state index contributed by atoms with van der Waals surface area (Å²) in [4.78, 5) is 16.0. The Morgan fingerprint density at radius 2 is 1.95 bits per heavy atom. The minimum absolute atomic E-state index is 0.541. The van der Waals surface area contributed by atoms with Gasteiger partial charge in [-0.15, -0.1) is 0 Å². The highest BCUT2D eigenvalue weighted by atomic mass is 15.2. The SMILES string of the molecule is CCCc1ccc(Nc2nc(NC)nc3nc[nH]c23)cc1. The standard InChI is InChI=1S/C15H18N6/c1-3-4-10-5-7-11(8-6-10)19-14-12-13(18-9-17-12)20-15(16-2)21-14/h5-9H,3-4H2,1-2H3,(H3,16,17,18,19,20,21). The Morgan fingerprint density at radius 1 is 1.14 bits per heavy atom. The highest BCUT2D eigenvalue weighted by Gasteiger charge is 2.09. The molecule has 1 aromatic carbocycles. The second kappa shape index (κ2) is 5.78. The van der Waals surface area contributed by atoms with Crippen molar-refractivity contribution in [1.82, 2.24) is 19.9 Å². The van der Waals surface area contributed by atoms with E-state index in [1.54, 1.807) is 13.4 Å². The molecule has 0 unspecified atom stereocenters. The average molecular weight is 282 g/mol. The molecule has 2 aromatic heterocycles. The molecule has 3 N–H and O–H groups in total. The maximum atomic E-state index is 4.44. The van der Waals surface area contributed by atoms with Crippen molar-refractivity contribution >= 4 is 28.6 Å². The monoisotopic (exact) mass is 282 g/mol. The van der Waals surface area contributed by atoms with Gasteiger partial charge in [-0.25, -0.2) is 4.98 Å². The fraction of sp³-hybridized carbons (Fsp3) is 0.267. The highest BCUT2D eigenvalue weighted by Crippen LogP contribution is 2.23. The van der Waals surface area contributed by atoms with Gasteiger partial charge in [0.1, 0.15) is 5.52 Å². The number of rotatable bonds is 5. The molecule has 0 saturated carbocycles. The highest BCUT2D eigenvalue weighted by molar-refractivity contribution is 5.86. The van der Waals surface area contributed by atoms with E-state index in [9.17, 15) is 0 Å². The zero-order valence-corrected chi connectivity index (χ0v) is 12.1. The predicted octanol–water partition coefficient (Wildman–Crippen LogP) is 3.09. The lowest BCUT2D eigenvalue weighted by Gasteiger charge is -2.08. The van der Waals surface area contributed by atoms with E-state index in [1.165, 1.54) is 5.56 Å². The molecule has 21 heavy (non-hydrogen) atoms. The summed E-state index contributed by atoms with van der Waals surface area (Å²) in [7, 11) is 1.79. The van der Waals surface area contributed by atoms with Crippen LogP contribution in [0.4, 0.5) is 17.5 Å². The van der Waals surface area contributed by atoms with Crippen molar-refractivity contribution in [3.05, 3.63) is 36.2 Å². The largest absolute Gasteiger partial charge is 0.357 e. The van der Waals surface area contributed by atoms with Gasteiger partial charge in [0, 0.05) is 12.7 Å². The normalized spacial score (nSPS) is 10.8. The molecule has 0 bridgehead atoms. The van der Waals surface area contributed by atoms with E-state index in [-0.39, 0.29) is 0 Å². The van der Waals surface area contributed by atoms with Crippen LogP contribution in [0.5, 0.6) is 0 Å². The van der Waals surface area contributed by atoms with Crippen LogP contribution in [0.25, 0.3) is 11.2 Å². The van der Waals surface area contributed by atoms with Crippen LogP contribution in [0.2, 0.25) is 0 Å². The molecule has 6 nitrogen and oxygen atoms in total. The Labute approximate surface area is 123 Å². The summed E-state index contributed by atoms with van der Waals surface area (Å²) in [5, 5.41) is 6.26. The molecular formula is C15H18N6. The van der Waals surface area contributed by atoms with Gasteiger partial charge in [0.25, 0.3) is 0 Å². The molecule has 3 aromatic rings. The molecule has 0 saturated heterocycles. The summed E-state index contributed by atoms with van der Waals surface area (Å²) in [6.07, 6.45) is 3.87. The molecule has 0 spiro atoms. The summed E-state index contributed by atoms with van der Waals surface area (Å²) in [5.41, 5.74) is 3.77. The van der Waals surface area contributed by atoms with Gasteiger partial charge in [-0.2, -0.15) is 9.97 Å². The number of nitrogens with one attached hydrogen (secondary N) is 3. The van der Waals surface area contributed by atoms with E-state index >= 15 is 0 Å². The third kappa shape index (κ3) is 2.79. The number of hydrogen-bond acceptors (Lipinski definition) is 5. The fourth-order valence-electron chi connectivity index (χ4n) is 2.22. The van der Waals surface area contributed by atoms with Gasteiger partial charge in [-0.3, -0.25) is 0 Å². The lowest BCUT2D eigenvalue weighted by Crippen LogP contribution is -2.02. The molecule has 0 aliphatic heterocycles. The number of aromatic amines is 1. The lowest BCUT2D eigenvalue weighted by atomic mass is 10.1. The number of anilines is 3. The molecule has 6 heteroatoms. The first-order valence-corrected chi connectivity index (χ1v) is 7.05. The van der Waals surface area contributed by atoms with Gasteiger partial charge in [0.2, 0.25) is 5.95 Å². The molecule has 0 atom stereocenters. The van der Waals surface area contributed by atoms with E-state index in [1.807, 2.05) is 0 Å². The molecule has 2 heterocycles. The number of H-pyrrole nitrogens is 1. The fourth-order valence-corrected chi connectivity index (χ4v) is 2.22. The number of imidazole rings is 1. The van der Waals surface area contributed by atoms with Crippen LogP contribution in [0.15, 0.2) is 30.6 Å². The van der Waals surface area contributed by atoms with Crippen molar-refractivity contribution in [2.45, 2.75) is 19.8 Å².